The fraction of sp³-hybridized carbons (Fsp3) is 0.250. The molecule has 0 saturated carbocycles. The summed E-state index contributed by atoms with van der Waals surface area (Å²) in [4.78, 5) is 4.39. The van der Waals surface area contributed by atoms with Crippen molar-refractivity contribution >= 4 is 11.3 Å². The lowest BCUT2D eigenvalue weighted by atomic mass is 9.91. The summed E-state index contributed by atoms with van der Waals surface area (Å²) in [6.45, 7) is 2.38. The number of aromatic nitrogens is 1. The number of hydrogen-bond acceptors (Lipinski definition) is 4. The Balaban J connectivity index is 1.92. The van der Waals surface area contributed by atoms with Crippen LogP contribution >= 0.6 is 11.3 Å². The zero-order valence-corrected chi connectivity index (χ0v) is 15.1. The van der Waals surface area contributed by atoms with Crippen molar-refractivity contribution in [1.82, 2.24) is 4.98 Å². The van der Waals surface area contributed by atoms with E-state index >= 15 is 0 Å². The third kappa shape index (κ3) is 3.72. The maximum atomic E-state index is 14.2. The Bertz CT molecular complexity index is 802. The first-order valence-corrected chi connectivity index (χ1v) is 8.99. The highest BCUT2D eigenvalue weighted by molar-refractivity contribution is 7.09. The van der Waals surface area contributed by atoms with Gasteiger partial charge in [0, 0.05) is 24.8 Å². The third-order valence-electron chi connectivity index (χ3n) is 4.21. The van der Waals surface area contributed by atoms with Crippen LogP contribution in [0.3, 0.4) is 0 Å². The normalized spacial score (nSPS) is 13.4. The molecule has 0 aliphatic carbocycles. The van der Waals surface area contributed by atoms with Crippen LogP contribution in [-0.2, 0) is 16.9 Å². The highest BCUT2D eigenvalue weighted by atomic mass is 32.1. The van der Waals surface area contributed by atoms with Gasteiger partial charge in [-0.25, -0.2) is 9.37 Å². The Hall–Kier alpha value is -2.24. The fourth-order valence-corrected chi connectivity index (χ4v) is 3.78. The lowest BCUT2D eigenvalue weighted by Gasteiger charge is -2.30. The summed E-state index contributed by atoms with van der Waals surface area (Å²) in [5.41, 5.74) is 0.957. The van der Waals surface area contributed by atoms with Gasteiger partial charge < -0.3 is 9.47 Å². The summed E-state index contributed by atoms with van der Waals surface area (Å²) in [5, 5.41) is 2.70. The van der Waals surface area contributed by atoms with Gasteiger partial charge in [-0.3, -0.25) is 0 Å². The van der Waals surface area contributed by atoms with Crippen LogP contribution in [-0.4, -0.2) is 12.1 Å². The molecule has 0 N–H and O–H groups in total. The van der Waals surface area contributed by atoms with Gasteiger partial charge in [-0.15, -0.1) is 11.3 Å². The van der Waals surface area contributed by atoms with E-state index in [1.807, 2.05) is 48.7 Å². The van der Waals surface area contributed by atoms with Crippen molar-refractivity contribution in [3.8, 4) is 5.75 Å². The van der Waals surface area contributed by atoms with Crippen molar-refractivity contribution in [2.24, 2.45) is 0 Å². The van der Waals surface area contributed by atoms with Gasteiger partial charge in [0.1, 0.15) is 28.8 Å². The van der Waals surface area contributed by atoms with Gasteiger partial charge >= 0.3 is 0 Å². The van der Waals surface area contributed by atoms with Gasteiger partial charge in [0.15, 0.2) is 0 Å². The maximum absolute atomic E-state index is 14.2. The molecule has 0 fully saturated rings. The molecular weight excluding hydrogens is 337 g/mol. The molecule has 0 radical (unpaired) electrons. The fourth-order valence-electron chi connectivity index (χ4n) is 2.87. The van der Waals surface area contributed by atoms with E-state index in [1.54, 1.807) is 13.3 Å². The molecule has 3 rings (SSSR count). The molecule has 0 amide bonds. The van der Waals surface area contributed by atoms with Crippen LogP contribution in [0.2, 0.25) is 0 Å². The summed E-state index contributed by atoms with van der Waals surface area (Å²) < 4.78 is 25.9. The Labute approximate surface area is 151 Å². The molecule has 1 aromatic heterocycles. The lowest BCUT2D eigenvalue weighted by Crippen LogP contribution is -2.29. The average molecular weight is 357 g/mol. The molecule has 25 heavy (non-hydrogen) atoms. The van der Waals surface area contributed by atoms with Crippen molar-refractivity contribution < 1.29 is 13.9 Å². The molecule has 130 valence electrons. The van der Waals surface area contributed by atoms with Crippen molar-refractivity contribution in [3.05, 3.63) is 82.1 Å². The first kappa shape index (κ1) is 17.6. The summed E-state index contributed by atoms with van der Waals surface area (Å²) in [6.07, 6.45) is 2.37. The van der Waals surface area contributed by atoms with Crippen LogP contribution in [0.15, 0.2) is 60.1 Å². The Morgan fingerprint density at radius 2 is 1.96 bits per heavy atom. The van der Waals surface area contributed by atoms with E-state index in [0.717, 1.165) is 10.6 Å². The molecule has 3 aromatic rings. The van der Waals surface area contributed by atoms with Gasteiger partial charge in [0.25, 0.3) is 0 Å². The minimum absolute atomic E-state index is 0.355. The van der Waals surface area contributed by atoms with Gasteiger partial charge in [-0.2, -0.15) is 0 Å². The van der Waals surface area contributed by atoms with Crippen LogP contribution in [0.4, 0.5) is 4.39 Å². The summed E-state index contributed by atoms with van der Waals surface area (Å²) in [6, 6.07) is 14.5. The second-order valence-corrected chi connectivity index (χ2v) is 6.57. The van der Waals surface area contributed by atoms with Crippen molar-refractivity contribution in [2.45, 2.75) is 25.6 Å². The molecule has 1 atom stereocenters. The number of halogens is 1. The van der Waals surface area contributed by atoms with Crippen LogP contribution in [0.5, 0.6) is 5.75 Å². The largest absolute Gasteiger partial charge is 0.489 e. The molecule has 5 heteroatoms. The molecular formula is C20H20FNO2S. The number of methoxy groups -OCH3 is 1. The highest BCUT2D eigenvalue weighted by Crippen LogP contribution is 2.39. The molecule has 2 aromatic carbocycles. The number of benzene rings is 2. The second kappa shape index (κ2) is 7.76. The number of nitrogens with zero attached hydrogens (tertiary/aromatic N) is 1. The first-order valence-electron chi connectivity index (χ1n) is 8.11. The quantitative estimate of drug-likeness (QED) is 0.585. The first-order chi connectivity index (χ1) is 12.2. The molecule has 0 unspecified atom stereocenters. The molecule has 0 aliphatic rings. The third-order valence-corrected chi connectivity index (χ3v) is 5.13. The molecule has 0 aliphatic heterocycles. The van der Waals surface area contributed by atoms with Crippen LogP contribution in [0.25, 0.3) is 0 Å². The molecule has 0 bridgehead atoms. The van der Waals surface area contributed by atoms with E-state index in [0.29, 0.717) is 24.3 Å². The van der Waals surface area contributed by atoms with E-state index in [9.17, 15) is 4.39 Å². The van der Waals surface area contributed by atoms with Crippen LogP contribution in [0, 0.1) is 5.82 Å². The van der Waals surface area contributed by atoms with E-state index in [-0.39, 0.29) is 5.82 Å². The summed E-state index contributed by atoms with van der Waals surface area (Å²) in [5.74, 6) is 0.122. The minimum atomic E-state index is -0.777. The van der Waals surface area contributed by atoms with Crippen LogP contribution in [0.1, 0.15) is 29.5 Å². The van der Waals surface area contributed by atoms with Gasteiger partial charge in [0.2, 0.25) is 0 Å². The molecule has 3 nitrogen and oxygen atoms in total. The maximum Gasteiger partial charge on any atom is 0.144 e. The summed E-state index contributed by atoms with van der Waals surface area (Å²) >= 11 is 1.50. The molecule has 0 spiro atoms. The van der Waals surface area contributed by atoms with E-state index in [2.05, 4.69) is 4.98 Å². The minimum Gasteiger partial charge on any atom is -0.489 e. The number of thiazole rings is 1. The van der Waals surface area contributed by atoms with E-state index < -0.39 is 5.60 Å². The van der Waals surface area contributed by atoms with Crippen molar-refractivity contribution in [2.75, 3.05) is 7.11 Å². The molecule has 0 saturated heterocycles. The SMILES string of the molecule is CC[C@](OC)(c1cc(F)cc(OCc2ccccc2)c1)c1nccs1. The zero-order chi connectivity index (χ0) is 17.7. The van der Waals surface area contributed by atoms with Gasteiger partial charge in [-0.1, -0.05) is 37.3 Å². The van der Waals surface area contributed by atoms with Gasteiger partial charge in [0.05, 0.1) is 0 Å². The monoisotopic (exact) mass is 357 g/mol. The summed E-state index contributed by atoms with van der Waals surface area (Å²) in [7, 11) is 1.63. The zero-order valence-electron chi connectivity index (χ0n) is 14.2. The second-order valence-electron chi connectivity index (χ2n) is 5.67. The smallest absolute Gasteiger partial charge is 0.144 e. The van der Waals surface area contributed by atoms with Crippen molar-refractivity contribution in [1.29, 1.82) is 0 Å². The van der Waals surface area contributed by atoms with E-state index in [4.69, 9.17) is 9.47 Å². The molecule has 1 heterocycles. The Morgan fingerprint density at radius 1 is 1.16 bits per heavy atom. The standard InChI is InChI=1S/C20H20FNO2S/c1-3-20(23-2,19-22-9-10-25-19)16-11-17(21)13-18(12-16)24-14-15-7-5-4-6-8-15/h4-13H,3,14H2,1-2H3/t20-/m0/s1. The van der Waals surface area contributed by atoms with E-state index in [1.165, 1.54) is 23.5 Å². The van der Waals surface area contributed by atoms with Gasteiger partial charge in [-0.05, 0) is 29.7 Å². The highest BCUT2D eigenvalue weighted by Gasteiger charge is 2.36. The number of rotatable bonds is 7. The predicted octanol–water partition coefficient (Wildman–Crippen LogP) is 5.16. The average Bonchev–Trinajstić information content (AvgIpc) is 3.17. The number of hydrogen-bond donors (Lipinski definition) is 0. The van der Waals surface area contributed by atoms with Crippen molar-refractivity contribution in [3.63, 3.8) is 0 Å². The predicted molar refractivity (Wildman–Crippen MR) is 97.4 cm³/mol. The number of ether oxygens (including phenoxy) is 2. The topological polar surface area (TPSA) is 31.4 Å². The lowest BCUT2D eigenvalue weighted by molar-refractivity contribution is 0.0180. The van der Waals surface area contributed by atoms with Crippen LogP contribution < -0.4 is 4.74 Å². The Kier molecular flexibility index (Phi) is 5.46. The Morgan fingerprint density at radius 3 is 2.60 bits per heavy atom.